The maximum atomic E-state index is 13.3. The number of ether oxygens (including phenoxy) is 2. The normalized spacial score (nSPS) is 11.3. The zero-order valence-corrected chi connectivity index (χ0v) is 19.6. The highest BCUT2D eigenvalue weighted by Crippen LogP contribution is 2.32. The average Bonchev–Trinajstić information content (AvgIpc) is 2.88. The second-order valence-electron chi connectivity index (χ2n) is 7.43. The summed E-state index contributed by atoms with van der Waals surface area (Å²) in [6.45, 7) is 2.79. The van der Waals surface area contributed by atoms with Crippen LogP contribution in [0.1, 0.15) is 16.8 Å². The fraction of sp³-hybridized carbons (Fsp3) is 0.391. The lowest BCUT2D eigenvalue weighted by Gasteiger charge is -2.14. The third-order valence-electron chi connectivity index (χ3n) is 4.71. The third kappa shape index (κ3) is 9.24. The van der Waals surface area contributed by atoms with Gasteiger partial charge in [0, 0.05) is 25.8 Å². The van der Waals surface area contributed by atoms with Gasteiger partial charge in [0.1, 0.15) is 0 Å². The summed E-state index contributed by atoms with van der Waals surface area (Å²) in [5, 5.41) is 8.97. The highest BCUT2D eigenvalue weighted by molar-refractivity contribution is 5.43. The molecule has 0 atom stereocenters. The maximum Gasteiger partial charge on any atom is 0.416 e. The third-order valence-corrected chi connectivity index (χ3v) is 4.71. The predicted molar refractivity (Wildman–Crippen MR) is 129 cm³/mol. The van der Waals surface area contributed by atoms with Gasteiger partial charge in [-0.1, -0.05) is 24.3 Å². The van der Waals surface area contributed by atoms with Crippen molar-refractivity contribution in [1.29, 1.82) is 0 Å². The number of halogens is 3. The number of nitrogens with two attached hydrogens (primary N) is 1. The Morgan fingerprint density at radius 3 is 2.06 bits per heavy atom. The molecule has 1 aromatic carbocycles. The Labute approximate surface area is 206 Å². The van der Waals surface area contributed by atoms with Crippen LogP contribution in [0.4, 0.5) is 31.0 Å². The van der Waals surface area contributed by atoms with Crippen LogP contribution < -0.4 is 21.7 Å². The number of alkyl halides is 3. The van der Waals surface area contributed by atoms with Crippen LogP contribution in [0.15, 0.2) is 48.7 Å². The molecule has 0 aliphatic rings. The van der Waals surface area contributed by atoms with Crippen molar-refractivity contribution in [2.45, 2.75) is 19.3 Å². The van der Waals surface area contributed by atoms with E-state index >= 15 is 0 Å². The molecule has 0 unspecified atom stereocenters. The van der Waals surface area contributed by atoms with E-state index in [0.29, 0.717) is 46.1 Å². The quantitative estimate of drug-likeness (QED) is 0.228. The van der Waals surface area contributed by atoms with Crippen molar-refractivity contribution in [2.75, 3.05) is 55.5 Å². The first-order chi connectivity index (χ1) is 17.5. The molecular formula is C23H29F3N8O2. The highest BCUT2D eigenvalue weighted by Gasteiger charge is 2.32. The van der Waals surface area contributed by atoms with Crippen LogP contribution in [0.5, 0.6) is 0 Å². The van der Waals surface area contributed by atoms with Gasteiger partial charge < -0.3 is 31.2 Å². The van der Waals surface area contributed by atoms with E-state index < -0.39 is 11.7 Å². The molecule has 0 bridgehead atoms. The summed E-state index contributed by atoms with van der Waals surface area (Å²) < 4.78 is 50.7. The average molecular weight is 507 g/mol. The van der Waals surface area contributed by atoms with E-state index in [1.165, 1.54) is 12.1 Å². The molecule has 36 heavy (non-hydrogen) atoms. The first kappa shape index (κ1) is 27.0. The van der Waals surface area contributed by atoms with E-state index in [1.54, 1.807) is 12.3 Å². The van der Waals surface area contributed by atoms with E-state index in [2.05, 4.69) is 35.9 Å². The Morgan fingerprint density at radius 1 is 0.750 bits per heavy atom. The molecule has 10 nitrogen and oxygen atoms in total. The van der Waals surface area contributed by atoms with Gasteiger partial charge in [-0.3, -0.25) is 4.98 Å². The molecule has 194 valence electrons. The van der Waals surface area contributed by atoms with Crippen molar-refractivity contribution < 1.29 is 22.6 Å². The summed E-state index contributed by atoms with van der Waals surface area (Å²) in [5.74, 6) is 0.591. The summed E-state index contributed by atoms with van der Waals surface area (Å²) in [5.41, 5.74) is 5.49. The predicted octanol–water partition coefficient (Wildman–Crippen LogP) is 2.91. The van der Waals surface area contributed by atoms with E-state index in [-0.39, 0.29) is 30.0 Å². The summed E-state index contributed by atoms with van der Waals surface area (Å²) in [6.07, 6.45) is -2.79. The van der Waals surface area contributed by atoms with Crippen LogP contribution in [0.3, 0.4) is 0 Å². The molecule has 3 rings (SSSR count). The van der Waals surface area contributed by atoms with Crippen LogP contribution in [-0.2, 0) is 28.7 Å². The Morgan fingerprint density at radius 2 is 1.39 bits per heavy atom. The Kier molecular flexibility index (Phi) is 10.6. The molecule has 5 N–H and O–H groups in total. The second-order valence-corrected chi connectivity index (χ2v) is 7.43. The van der Waals surface area contributed by atoms with Crippen molar-refractivity contribution >= 4 is 17.8 Å². The number of hydrogen-bond acceptors (Lipinski definition) is 10. The van der Waals surface area contributed by atoms with Gasteiger partial charge in [0.05, 0.1) is 44.2 Å². The first-order valence-corrected chi connectivity index (χ1v) is 11.3. The van der Waals surface area contributed by atoms with Crippen molar-refractivity contribution in [3.8, 4) is 0 Å². The molecule has 2 heterocycles. The number of pyridine rings is 1. The first-order valence-electron chi connectivity index (χ1n) is 11.3. The maximum absolute atomic E-state index is 13.3. The van der Waals surface area contributed by atoms with Crippen molar-refractivity contribution in [2.24, 2.45) is 5.73 Å². The number of benzene rings is 1. The van der Waals surface area contributed by atoms with Gasteiger partial charge in [0.15, 0.2) is 0 Å². The monoisotopic (exact) mass is 506 g/mol. The Hall–Kier alpha value is -3.55. The number of anilines is 3. The van der Waals surface area contributed by atoms with Crippen LogP contribution in [0, 0.1) is 0 Å². The van der Waals surface area contributed by atoms with Crippen molar-refractivity contribution in [3.63, 3.8) is 0 Å². The van der Waals surface area contributed by atoms with E-state index in [0.717, 1.165) is 11.8 Å². The molecule has 0 saturated heterocycles. The van der Waals surface area contributed by atoms with E-state index in [1.807, 2.05) is 18.2 Å². The second kappa shape index (κ2) is 14.1. The van der Waals surface area contributed by atoms with Gasteiger partial charge in [-0.15, -0.1) is 0 Å². The van der Waals surface area contributed by atoms with Crippen LogP contribution in [-0.4, -0.2) is 59.5 Å². The molecule has 0 amide bonds. The summed E-state index contributed by atoms with van der Waals surface area (Å²) >= 11 is 0. The lowest BCUT2D eigenvalue weighted by atomic mass is 10.1. The van der Waals surface area contributed by atoms with Crippen molar-refractivity contribution in [1.82, 2.24) is 19.9 Å². The van der Waals surface area contributed by atoms with Gasteiger partial charge in [0.2, 0.25) is 17.8 Å². The molecule has 0 aliphatic carbocycles. The fourth-order valence-electron chi connectivity index (χ4n) is 3.05. The molecule has 0 spiro atoms. The smallest absolute Gasteiger partial charge is 0.378 e. The number of nitrogens with one attached hydrogen (secondary N) is 3. The van der Waals surface area contributed by atoms with Crippen LogP contribution in [0.2, 0.25) is 0 Å². The standard InChI is InChI=1S/C23H29F3N8O2/c24-23(25,26)19-7-2-1-5-17(19)15-30-21-32-20(29-10-12-36-14-13-35-11-8-27)33-22(34-21)31-16-18-6-3-4-9-28-18/h1-7,9H,8,10-16,27H2,(H3,29,30,31,32,33,34). The number of aromatic nitrogens is 4. The molecule has 0 aliphatic heterocycles. The molecule has 13 heteroatoms. The Balaban J connectivity index is 1.64. The molecular weight excluding hydrogens is 477 g/mol. The topological polar surface area (TPSA) is 132 Å². The minimum absolute atomic E-state index is 0.0770. The zero-order valence-electron chi connectivity index (χ0n) is 19.6. The summed E-state index contributed by atoms with van der Waals surface area (Å²) in [6, 6.07) is 10.9. The summed E-state index contributed by atoms with van der Waals surface area (Å²) in [7, 11) is 0. The van der Waals surface area contributed by atoms with Gasteiger partial charge in [-0.05, 0) is 23.8 Å². The summed E-state index contributed by atoms with van der Waals surface area (Å²) in [4.78, 5) is 17.1. The minimum Gasteiger partial charge on any atom is -0.378 e. The van der Waals surface area contributed by atoms with Crippen LogP contribution in [0.25, 0.3) is 0 Å². The van der Waals surface area contributed by atoms with Gasteiger partial charge >= 0.3 is 6.18 Å². The SMILES string of the molecule is NCCOCCOCCNc1nc(NCc2ccccn2)nc(NCc2ccccc2C(F)(F)F)n1. The molecule has 3 aromatic rings. The van der Waals surface area contributed by atoms with Crippen LogP contribution >= 0.6 is 0 Å². The van der Waals surface area contributed by atoms with E-state index in [4.69, 9.17) is 15.2 Å². The fourth-order valence-corrected chi connectivity index (χ4v) is 3.05. The molecule has 0 fully saturated rings. The van der Waals surface area contributed by atoms with E-state index in [9.17, 15) is 13.2 Å². The molecule has 0 saturated carbocycles. The zero-order chi connectivity index (χ0) is 25.6. The molecule has 2 aromatic heterocycles. The number of hydrogen-bond donors (Lipinski definition) is 4. The molecule has 0 radical (unpaired) electrons. The number of nitrogens with zero attached hydrogens (tertiary/aromatic N) is 4. The lowest BCUT2D eigenvalue weighted by molar-refractivity contribution is -0.138. The van der Waals surface area contributed by atoms with Gasteiger partial charge in [0.25, 0.3) is 0 Å². The Bertz CT molecular complexity index is 1060. The number of rotatable bonds is 15. The van der Waals surface area contributed by atoms with Gasteiger partial charge in [-0.25, -0.2) is 0 Å². The minimum atomic E-state index is -4.46. The lowest BCUT2D eigenvalue weighted by Crippen LogP contribution is -2.17. The van der Waals surface area contributed by atoms with Crippen molar-refractivity contribution in [3.05, 3.63) is 65.5 Å². The van der Waals surface area contributed by atoms with Gasteiger partial charge in [-0.2, -0.15) is 28.1 Å². The highest BCUT2D eigenvalue weighted by atomic mass is 19.4. The largest absolute Gasteiger partial charge is 0.416 e.